The predicted octanol–water partition coefficient (Wildman–Crippen LogP) is 1.68. The zero-order valence-electron chi connectivity index (χ0n) is 13.3. The second-order valence-corrected chi connectivity index (χ2v) is 7.61. The molecule has 1 heterocycles. The third kappa shape index (κ3) is 3.49. The van der Waals surface area contributed by atoms with Gasteiger partial charge >= 0.3 is 0 Å². The summed E-state index contributed by atoms with van der Waals surface area (Å²) in [7, 11) is -3.80. The average Bonchev–Trinajstić information content (AvgIpc) is 2.62. The molecule has 1 aliphatic rings. The Morgan fingerprint density at radius 3 is 2.32 bits per heavy atom. The zero-order valence-corrected chi connectivity index (χ0v) is 14.1. The van der Waals surface area contributed by atoms with Gasteiger partial charge in [0.05, 0.1) is 10.5 Å². The molecule has 0 aromatic heterocycles. The maximum absolute atomic E-state index is 13.3. The Labute approximate surface area is 145 Å². The molecular weight excluding hydrogens is 347 g/mol. The molecule has 2 aromatic carbocycles. The lowest BCUT2D eigenvalue weighted by molar-refractivity contribution is 0.0695. The number of phenols is 1. The van der Waals surface area contributed by atoms with E-state index in [2.05, 4.69) is 0 Å². The molecule has 0 bridgehead atoms. The molecule has 1 N–H and O–H groups in total. The highest BCUT2D eigenvalue weighted by molar-refractivity contribution is 7.89. The SMILES string of the molecule is O=C(c1ccccc1O)N1CCN(S(=O)(=O)c2cccc(F)c2)CC1. The minimum absolute atomic E-state index is 0.104. The van der Waals surface area contributed by atoms with Gasteiger partial charge in [-0.05, 0) is 30.3 Å². The molecular formula is C17H17FN2O4S. The van der Waals surface area contributed by atoms with Gasteiger partial charge in [-0.15, -0.1) is 0 Å². The van der Waals surface area contributed by atoms with Crippen LogP contribution in [0.5, 0.6) is 5.75 Å². The molecule has 1 amide bonds. The molecule has 1 aliphatic heterocycles. The van der Waals surface area contributed by atoms with Crippen molar-refractivity contribution in [3.63, 3.8) is 0 Å². The fraction of sp³-hybridized carbons (Fsp3) is 0.235. The molecule has 132 valence electrons. The summed E-state index contributed by atoms with van der Waals surface area (Å²) in [6.07, 6.45) is 0. The van der Waals surface area contributed by atoms with E-state index in [-0.39, 0.29) is 48.3 Å². The van der Waals surface area contributed by atoms with E-state index in [4.69, 9.17) is 0 Å². The van der Waals surface area contributed by atoms with Crippen molar-refractivity contribution in [3.05, 3.63) is 59.9 Å². The van der Waals surface area contributed by atoms with E-state index in [9.17, 15) is 22.7 Å². The van der Waals surface area contributed by atoms with Crippen LogP contribution < -0.4 is 0 Å². The van der Waals surface area contributed by atoms with Gasteiger partial charge < -0.3 is 10.0 Å². The Morgan fingerprint density at radius 2 is 1.68 bits per heavy atom. The van der Waals surface area contributed by atoms with Crippen molar-refractivity contribution in [2.75, 3.05) is 26.2 Å². The highest BCUT2D eigenvalue weighted by Gasteiger charge is 2.31. The van der Waals surface area contributed by atoms with E-state index in [1.165, 1.54) is 39.5 Å². The molecule has 25 heavy (non-hydrogen) atoms. The van der Waals surface area contributed by atoms with Crippen molar-refractivity contribution >= 4 is 15.9 Å². The van der Waals surface area contributed by atoms with Crippen molar-refractivity contribution in [2.45, 2.75) is 4.90 Å². The summed E-state index contributed by atoms with van der Waals surface area (Å²) in [6, 6.07) is 11.1. The summed E-state index contributed by atoms with van der Waals surface area (Å²) in [5.74, 6) is -1.07. The molecule has 0 saturated carbocycles. The molecule has 0 unspecified atom stereocenters. The van der Waals surface area contributed by atoms with Gasteiger partial charge in [0, 0.05) is 26.2 Å². The van der Waals surface area contributed by atoms with Gasteiger partial charge in [-0.3, -0.25) is 4.79 Å². The Bertz CT molecular complexity index is 893. The number of sulfonamides is 1. The standard InChI is InChI=1S/C17H17FN2O4S/c18-13-4-3-5-14(12-13)25(23,24)20-10-8-19(9-11-20)17(22)15-6-1-2-7-16(15)21/h1-7,12,21H,8-11H2. The summed E-state index contributed by atoms with van der Waals surface area (Å²) >= 11 is 0. The molecule has 0 radical (unpaired) electrons. The largest absolute Gasteiger partial charge is 0.507 e. The summed E-state index contributed by atoms with van der Waals surface area (Å²) in [4.78, 5) is 13.8. The third-order valence-corrected chi connectivity index (χ3v) is 5.99. The minimum atomic E-state index is -3.80. The monoisotopic (exact) mass is 364 g/mol. The number of phenolic OH excluding ortho intramolecular Hbond substituents is 1. The fourth-order valence-electron chi connectivity index (χ4n) is 2.73. The lowest BCUT2D eigenvalue weighted by atomic mass is 10.1. The first kappa shape index (κ1) is 17.4. The second kappa shape index (κ2) is 6.81. The lowest BCUT2D eigenvalue weighted by Crippen LogP contribution is -2.50. The first-order valence-electron chi connectivity index (χ1n) is 7.72. The van der Waals surface area contributed by atoms with E-state index in [0.29, 0.717) is 0 Å². The first-order chi connectivity index (χ1) is 11.9. The fourth-order valence-corrected chi connectivity index (χ4v) is 4.19. The van der Waals surface area contributed by atoms with E-state index in [1.54, 1.807) is 12.1 Å². The predicted molar refractivity (Wildman–Crippen MR) is 89.2 cm³/mol. The van der Waals surface area contributed by atoms with Crippen LogP contribution in [0.4, 0.5) is 4.39 Å². The average molecular weight is 364 g/mol. The maximum Gasteiger partial charge on any atom is 0.257 e. The van der Waals surface area contributed by atoms with Gasteiger partial charge in [-0.1, -0.05) is 18.2 Å². The molecule has 8 heteroatoms. The topological polar surface area (TPSA) is 77.9 Å². The van der Waals surface area contributed by atoms with Crippen LogP contribution in [0.3, 0.4) is 0 Å². The van der Waals surface area contributed by atoms with Crippen LogP contribution in [0.25, 0.3) is 0 Å². The van der Waals surface area contributed by atoms with Crippen molar-refractivity contribution in [1.82, 2.24) is 9.21 Å². The minimum Gasteiger partial charge on any atom is -0.507 e. The van der Waals surface area contributed by atoms with Crippen LogP contribution in [0.1, 0.15) is 10.4 Å². The summed E-state index contributed by atoms with van der Waals surface area (Å²) in [5, 5.41) is 9.78. The van der Waals surface area contributed by atoms with Crippen LogP contribution >= 0.6 is 0 Å². The molecule has 1 saturated heterocycles. The number of carbonyl (C=O) groups is 1. The van der Waals surface area contributed by atoms with Crippen LogP contribution in [-0.4, -0.2) is 54.8 Å². The highest BCUT2D eigenvalue weighted by Crippen LogP contribution is 2.21. The van der Waals surface area contributed by atoms with E-state index in [0.717, 1.165) is 6.07 Å². The van der Waals surface area contributed by atoms with Crippen molar-refractivity contribution in [1.29, 1.82) is 0 Å². The van der Waals surface area contributed by atoms with Crippen LogP contribution in [0.2, 0.25) is 0 Å². The molecule has 3 rings (SSSR count). The number of hydrogen-bond acceptors (Lipinski definition) is 4. The number of hydrogen-bond donors (Lipinski definition) is 1. The molecule has 6 nitrogen and oxygen atoms in total. The Kier molecular flexibility index (Phi) is 4.73. The molecule has 1 fully saturated rings. The van der Waals surface area contributed by atoms with Crippen molar-refractivity contribution < 1.29 is 22.7 Å². The number of rotatable bonds is 3. The number of piperazine rings is 1. The van der Waals surface area contributed by atoms with Crippen molar-refractivity contribution in [2.24, 2.45) is 0 Å². The van der Waals surface area contributed by atoms with E-state index >= 15 is 0 Å². The molecule has 2 aromatic rings. The molecule has 0 aliphatic carbocycles. The smallest absolute Gasteiger partial charge is 0.257 e. The number of amides is 1. The zero-order chi connectivity index (χ0) is 18.0. The number of benzene rings is 2. The van der Waals surface area contributed by atoms with Gasteiger partial charge in [0.1, 0.15) is 11.6 Å². The summed E-state index contributed by atoms with van der Waals surface area (Å²) in [6.45, 7) is 0.611. The number of aromatic hydroxyl groups is 1. The Hall–Kier alpha value is -2.45. The van der Waals surface area contributed by atoms with Crippen molar-refractivity contribution in [3.8, 4) is 5.75 Å². The number of para-hydroxylation sites is 1. The number of nitrogens with zero attached hydrogens (tertiary/aromatic N) is 2. The summed E-state index contributed by atoms with van der Waals surface area (Å²) in [5.41, 5.74) is 0.184. The Morgan fingerprint density at radius 1 is 1.00 bits per heavy atom. The van der Waals surface area contributed by atoms with Gasteiger partial charge in [0.15, 0.2) is 0 Å². The van der Waals surface area contributed by atoms with Crippen LogP contribution in [0.15, 0.2) is 53.4 Å². The van der Waals surface area contributed by atoms with E-state index in [1.807, 2.05) is 0 Å². The number of halogens is 1. The Balaban J connectivity index is 1.72. The highest BCUT2D eigenvalue weighted by atomic mass is 32.2. The normalized spacial score (nSPS) is 16.0. The van der Waals surface area contributed by atoms with Gasteiger partial charge in [-0.25, -0.2) is 12.8 Å². The quantitative estimate of drug-likeness (QED) is 0.899. The van der Waals surface area contributed by atoms with Gasteiger partial charge in [-0.2, -0.15) is 4.31 Å². The van der Waals surface area contributed by atoms with Crippen LogP contribution in [-0.2, 0) is 10.0 Å². The van der Waals surface area contributed by atoms with Gasteiger partial charge in [0.2, 0.25) is 10.0 Å². The van der Waals surface area contributed by atoms with Crippen LogP contribution in [0, 0.1) is 5.82 Å². The molecule has 0 atom stereocenters. The number of carbonyl (C=O) groups excluding carboxylic acids is 1. The second-order valence-electron chi connectivity index (χ2n) is 5.67. The third-order valence-electron chi connectivity index (χ3n) is 4.09. The maximum atomic E-state index is 13.3. The first-order valence-corrected chi connectivity index (χ1v) is 9.16. The lowest BCUT2D eigenvalue weighted by Gasteiger charge is -2.34. The van der Waals surface area contributed by atoms with Gasteiger partial charge in [0.25, 0.3) is 5.91 Å². The molecule has 0 spiro atoms. The summed E-state index contributed by atoms with van der Waals surface area (Å²) < 4.78 is 39.6. The van der Waals surface area contributed by atoms with E-state index < -0.39 is 15.8 Å².